The number of aliphatic carboxylic acids is 1. The number of rotatable bonds is 4. The third-order valence-corrected chi connectivity index (χ3v) is 3.20. The molecule has 3 N–H and O–H groups in total. The molecule has 0 amide bonds. The summed E-state index contributed by atoms with van der Waals surface area (Å²) in [6.07, 6.45) is 1.60. The van der Waals surface area contributed by atoms with Crippen LogP contribution in [0.2, 0.25) is 0 Å². The Hall–Kier alpha value is -1.55. The van der Waals surface area contributed by atoms with Crippen LogP contribution in [0.1, 0.15) is 30.4 Å². The lowest BCUT2D eigenvalue weighted by atomic mass is 9.90. The highest BCUT2D eigenvalue weighted by Gasteiger charge is 2.47. The van der Waals surface area contributed by atoms with Gasteiger partial charge in [-0.3, -0.25) is 4.79 Å². The van der Waals surface area contributed by atoms with E-state index in [1.807, 2.05) is 0 Å². The number of benzene rings is 1. The van der Waals surface area contributed by atoms with Gasteiger partial charge >= 0.3 is 5.97 Å². The van der Waals surface area contributed by atoms with E-state index in [1.54, 1.807) is 18.2 Å². The highest BCUT2D eigenvalue weighted by Crippen LogP contribution is 2.54. The third-order valence-electron chi connectivity index (χ3n) is 3.20. The van der Waals surface area contributed by atoms with Crippen molar-refractivity contribution in [3.8, 4) is 5.75 Å². The van der Waals surface area contributed by atoms with Crippen LogP contribution < -0.4 is 0 Å². The van der Waals surface area contributed by atoms with Crippen molar-refractivity contribution in [1.29, 1.82) is 0 Å². The number of hydrogen-bond donors (Lipinski definition) is 3. The maximum Gasteiger partial charge on any atom is 0.304 e. The molecular formula is C12H14O4. The van der Waals surface area contributed by atoms with E-state index in [1.165, 1.54) is 0 Å². The Morgan fingerprint density at radius 3 is 2.56 bits per heavy atom. The molecule has 0 radical (unpaired) electrons. The van der Waals surface area contributed by atoms with Crippen LogP contribution in [0.15, 0.2) is 18.2 Å². The van der Waals surface area contributed by atoms with Gasteiger partial charge in [-0.2, -0.15) is 0 Å². The maximum atomic E-state index is 10.8. The van der Waals surface area contributed by atoms with E-state index >= 15 is 0 Å². The summed E-state index contributed by atoms with van der Waals surface area (Å²) in [6, 6.07) is 5.11. The highest BCUT2D eigenvalue weighted by atomic mass is 16.4. The van der Waals surface area contributed by atoms with Crippen LogP contribution in [-0.2, 0) is 16.8 Å². The first-order valence-electron chi connectivity index (χ1n) is 5.23. The van der Waals surface area contributed by atoms with Gasteiger partial charge in [0.1, 0.15) is 5.75 Å². The monoisotopic (exact) mass is 222 g/mol. The first kappa shape index (κ1) is 11.0. The number of carbonyl (C=O) groups is 1. The van der Waals surface area contributed by atoms with Crippen molar-refractivity contribution in [2.45, 2.75) is 31.3 Å². The number of carboxylic acid groups (broad SMARTS) is 1. The minimum atomic E-state index is -0.855. The third kappa shape index (κ3) is 1.76. The SMILES string of the molecule is O=C(O)CC1(c2cccc(CO)c2O)CC1. The Morgan fingerprint density at radius 1 is 1.38 bits per heavy atom. The molecule has 86 valence electrons. The summed E-state index contributed by atoms with van der Waals surface area (Å²) >= 11 is 0. The van der Waals surface area contributed by atoms with Crippen molar-refractivity contribution in [2.75, 3.05) is 0 Å². The topological polar surface area (TPSA) is 77.8 Å². The van der Waals surface area contributed by atoms with E-state index < -0.39 is 11.4 Å². The normalized spacial score (nSPS) is 17.1. The molecule has 1 fully saturated rings. The molecule has 1 aliphatic carbocycles. The van der Waals surface area contributed by atoms with Crippen molar-refractivity contribution < 1.29 is 20.1 Å². The standard InChI is InChI=1S/C12H14O4/c13-7-8-2-1-3-9(11(8)16)12(4-5-12)6-10(14)15/h1-3,13,16H,4-7H2,(H,14,15). The van der Waals surface area contributed by atoms with Crippen molar-refractivity contribution in [1.82, 2.24) is 0 Å². The average Bonchev–Trinajstić information content (AvgIpc) is 2.98. The Labute approximate surface area is 93.2 Å². The Balaban J connectivity index is 2.37. The van der Waals surface area contributed by atoms with Crippen molar-refractivity contribution in [3.05, 3.63) is 29.3 Å². The maximum absolute atomic E-state index is 10.8. The molecule has 4 heteroatoms. The predicted octanol–water partition coefficient (Wildman–Crippen LogP) is 1.39. The van der Waals surface area contributed by atoms with E-state index in [9.17, 15) is 9.90 Å². The molecule has 1 saturated carbocycles. The van der Waals surface area contributed by atoms with Crippen LogP contribution in [0.3, 0.4) is 0 Å². The fraction of sp³-hybridized carbons (Fsp3) is 0.417. The second-order valence-corrected chi connectivity index (χ2v) is 4.32. The molecule has 1 aromatic carbocycles. The van der Waals surface area contributed by atoms with Crippen molar-refractivity contribution in [3.63, 3.8) is 0 Å². The number of phenols is 1. The molecule has 0 spiro atoms. The number of aliphatic hydroxyl groups excluding tert-OH is 1. The fourth-order valence-electron chi connectivity index (χ4n) is 2.13. The van der Waals surface area contributed by atoms with Gasteiger partial charge in [-0.25, -0.2) is 0 Å². The fourth-order valence-corrected chi connectivity index (χ4v) is 2.13. The second kappa shape index (κ2) is 3.79. The molecule has 0 saturated heterocycles. The van der Waals surface area contributed by atoms with Gasteiger partial charge in [-0.1, -0.05) is 18.2 Å². The molecule has 16 heavy (non-hydrogen) atoms. The molecular weight excluding hydrogens is 208 g/mol. The van der Waals surface area contributed by atoms with Gasteiger partial charge in [-0.15, -0.1) is 0 Å². The van der Waals surface area contributed by atoms with Gasteiger partial charge < -0.3 is 15.3 Å². The van der Waals surface area contributed by atoms with Crippen LogP contribution in [0.4, 0.5) is 0 Å². The molecule has 0 aromatic heterocycles. The largest absolute Gasteiger partial charge is 0.507 e. The van der Waals surface area contributed by atoms with Crippen LogP contribution in [-0.4, -0.2) is 21.3 Å². The van der Waals surface area contributed by atoms with E-state index in [0.717, 1.165) is 12.8 Å². The van der Waals surface area contributed by atoms with Crippen molar-refractivity contribution in [2.24, 2.45) is 0 Å². The lowest BCUT2D eigenvalue weighted by Crippen LogP contribution is -2.13. The van der Waals surface area contributed by atoms with Crippen molar-refractivity contribution >= 4 is 5.97 Å². The zero-order valence-electron chi connectivity index (χ0n) is 8.81. The first-order valence-corrected chi connectivity index (χ1v) is 5.23. The first-order chi connectivity index (χ1) is 7.59. The Morgan fingerprint density at radius 2 is 2.06 bits per heavy atom. The molecule has 2 rings (SSSR count). The molecule has 0 atom stereocenters. The lowest BCUT2D eigenvalue weighted by molar-refractivity contribution is -0.137. The second-order valence-electron chi connectivity index (χ2n) is 4.32. The van der Waals surface area contributed by atoms with Gasteiger partial charge in [0.15, 0.2) is 0 Å². The Bertz CT molecular complexity index is 421. The molecule has 0 aliphatic heterocycles. The highest BCUT2D eigenvalue weighted by molar-refractivity contribution is 5.70. The number of aliphatic hydroxyl groups is 1. The number of para-hydroxylation sites is 1. The van der Waals surface area contributed by atoms with E-state index in [0.29, 0.717) is 11.1 Å². The van der Waals surface area contributed by atoms with Gasteiger partial charge in [0.25, 0.3) is 0 Å². The summed E-state index contributed by atoms with van der Waals surface area (Å²) in [5, 5.41) is 27.8. The minimum Gasteiger partial charge on any atom is -0.507 e. The number of carboxylic acids is 1. The molecule has 1 aliphatic rings. The van der Waals surface area contributed by atoms with Gasteiger partial charge in [-0.05, 0) is 12.8 Å². The average molecular weight is 222 g/mol. The Kier molecular flexibility index (Phi) is 2.59. The molecule has 0 heterocycles. The summed E-state index contributed by atoms with van der Waals surface area (Å²) in [7, 11) is 0. The van der Waals surface area contributed by atoms with E-state index in [2.05, 4.69) is 0 Å². The number of hydrogen-bond acceptors (Lipinski definition) is 3. The minimum absolute atomic E-state index is 0.0371. The van der Waals surface area contributed by atoms with E-state index in [4.69, 9.17) is 10.2 Å². The van der Waals surface area contributed by atoms with Crippen LogP contribution >= 0.6 is 0 Å². The van der Waals surface area contributed by atoms with Gasteiger partial charge in [0, 0.05) is 16.5 Å². The van der Waals surface area contributed by atoms with Crippen LogP contribution in [0, 0.1) is 0 Å². The molecule has 0 unspecified atom stereocenters. The smallest absolute Gasteiger partial charge is 0.304 e. The quantitative estimate of drug-likeness (QED) is 0.719. The van der Waals surface area contributed by atoms with Gasteiger partial charge in [0.05, 0.1) is 13.0 Å². The van der Waals surface area contributed by atoms with Crippen LogP contribution in [0.25, 0.3) is 0 Å². The summed E-state index contributed by atoms with van der Waals surface area (Å²) in [4.78, 5) is 10.8. The predicted molar refractivity (Wildman–Crippen MR) is 57.2 cm³/mol. The lowest BCUT2D eigenvalue weighted by Gasteiger charge is -2.16. The van der Waals surface area contributed by atoms with Crippen LogP contribution in [0.5, 0.6) is 5.75 Å². The van der Waals surface area contributed by atoms with Gasteiger partial charge in [0.2, 0.25) is 0 Å². The summed E-state index contributed by atoms with van der Waals surface area (Å²) in [6.45, 7) is -0.233. The molecule has 4 nitrogen and oxygen atoms in total. The van der Waals surface area contributed by atoms with E-state index in [-0.39, 0.29) is 18.8 Å². The zero-order chi connectivity index (χ0) is 11.8. The molecule has 1 aromatic rings. The summed E-state index contributed by atoms with van der Waals surface area (Å²) < 4.78 is 0. The summed E-state index contributed by atoms with van der Waals surface area (Å²) in [5.41, 5.74) is 0.691. The summed E-state index contributed by atoms with van der Waals surface area (Å²) in [5.74, 6) is -0.810. The number of aromatic hydroxyl groups is 1. The zero-order valence-corrected chi connectivity index (χ0v) is 8.81. The molecule has 0 bridgehead atoms.